The molecule has 0 aliphatic carbocycles. The second kappa shape index (κ2) is 5.97. The highest BCUT2D eigenvalue weighted by Crippen LogP contribution is 2.15. The highest BCUT2D eigenvalue weighted by Gasteiger charge is 2.21. The molecule has 110 valence electrons. The predicted octanol–water partition coefficient (Wildman–Crippen LogP) is 0.516. The van der Waals surface area contributed by atoms with Gasteiger partial charge in [-0.25, -0.2) is 5.01 Å². The molecule has 3 rings (SSSR count). The first-order valence-corrected chi connectivity index (χ1v) is 7.05. The van der Waals surface area contributed by atoms with Crippen LogP contribution in [-0.2, 0) is 16.0 Å². The fourth-order valence-corrected chi connectivity index (χ4v) is 2.66. The van der Waals surface area contributed by atoms with Gasteiger partial charge in [-0.15, -0.1) is 0 Å². The van der Waals surface area contributed by atoms with Crippen LogP contribution in [0.4, 0.5) is 0 Å². The highest BCUT2D eigenvalue weighted by atomic mass is 16.2. The van der Waals surface area contributed by atoms with Gasteiger partial charge in [-0.3, -0.25) is 15.0 Å². The zero-order chi connectivity index (χ0) is 14.7. The molecule has 1 fully saturated rings. The van der Waals surface area contributed by atoms with E-state index < -0.39 is 0 Å². The number of benzene rings is 1. The van der Waals surface area contributed by atoms with Gasteiger partial charge in [0, 0.05) is 37.4 Å². The third-order valence-corrected chi connectivity index (χ3v) is 3.80. The molecule has 0 atom stereocenters. The van der Waals surface area contributed by atoms with Crippen LogP contribution in [0.15, 0.2) is 30.3 Å². The lowest BCUT2D eigenvalue weighted by Crippen LogP contribution is -2.53. The van der Waals surface area contributed by atoms with Crippen LogP contribution in [0.1, 0.15) is 5.69 Å². The average Bonchev–Trinajstić information content (AvgIpc) is 2.90. The number of hydrazine groups is 1. The quantitative estimate of drug-likeness (QED) is 0.805. The van der Waals surface area contributed by atoms with E-state index in [0.717, 1.165) is 16.6 Å². The van der Waals surface area contributed by atoms with Crippen molar-refractivity contribution in [2.75, 3.05) is 26.2 Å². The Labute approximate surface area is 122 Å². The van der Waals surface area contributed by atoms with Crippen molar-refractivity contribution < 1.29 is 9.59 Å². The lowest BCUT2D eigenvalue weighted by atomic mass is 10.2. The Morgan fingerprint density at radius 1 is 1.24 bits per heavy atom. The van der Waals surface area contributed by atoms with Crippen molar-refractivity contribution in [3.8, 4) is 0 Å². The summed E-state index contributed by atoms with van der Waals surface area (Å²) in [6, 6.07) is 10.0. The van der Waals surface area contributed by atoms with Crippen LogP contribution in [0, 0.1) is 0 Å². The van der Waals surface area contributed by atoms with Gasteiger partial charge in [0.1, 0.15) is 0 Å². The Bertz CT molecular complexity index is 611. The molecule has 1 aromatic heterocycles. The molecule has 6 heteroatoms. The number of rotatable bonds is 4. The van der Waals surface area contributed by atoms with E-state index in [-0.39, 0.29) is 5.91 Å². The van der Waals surface area contributed by atoms with Gasteiger partial charge in [-0.05, 0) is 17.5 Å². The summed E-state index contributed by atoms with van der Waals surface area (Å²) < 4.78 is 0. The molecule has 1 saturated heterocycles. The number of carbonyl (C=O) groups excluding carboxylic acids is 2. The molecule has 1 aliphatic heterocycles. The molecule has 21 heavy (non-hydrogen) atoms. The number of H-pyrrole nitrogens is 1. The summed E-state index contributed by atoms with van der Waals surface area (Å²) in [4.78, 5) is 27.8. The van der Waals surface area contributed by atoms with Crippen molar-refractivity contribution in [1.82, 2.24) is 20.3 Å². The normalized spacial score (nSPS) is 16.1. The molecule has 0 spiro atoms. The van der Waals surface area contributed by atoms with Crippen molar-refractivity contribution in [2.45, 2.75) is 6.42 Å². The van der Waals surface area contributed by atoms with Gasteiger partial charge in [-0.2, -0.15) is 0 Å². The minimum atomic E-state index is 0.118. The molecule has 0 bridgehead atoms. The van der Waals surface area contributed by atoms with E-state index in [0.29, 0.717) is 39.0 Å². The Kier molecular flexibility index (Phi) is 3.87. The maximum absolute atomic E-state index is 12.3. The molecule has 0 unspecified atom stereocenters. The first-order chi connectivity index (χ1) is 10.3. The fourth-order valence-electron chi connectivity index (χ4n) is 2.66. The van der Waals surface area contributed by atoms with Gasteiger partial charge in [0.25, 0.3) is 0 Å². The van der Waals surface area contributed by atoms with E-state index in [4.69, 9.17) is 0 Å². The van der Waals surface area contributed by atoms with Crippen LogP contribution in [0.5, 0.6) is 0 Å². The summed E-state index contributed by atoms with van der Waals surface area (Å²) in [5, 5.41) is 2.94. The SMILES string of the molecule is O=CNN1CCN(C(=O)Cc2cc3ccccc3[nH]2)CC1. The van der Waals surface area contributed by atoms with Crippen LogP contribution < -0.4 is 5.43 Å². The molecular formula is C15H18N4O2. The van der Waals surface area contributed by atoms with E-state index in [1.54, 1.807) is 0 Å². The van der Waals surface area contributed by atoms with Crippen LogP contribution >= 0.6 is 0 Å². The second-order valence-electron chi connectivity index (χ2n) is 5.17. The van der Waals surface area contributed by atoms with E-state index in [2.05, 4.69) is 10.4 Å². The van der Waals surface area contributed by atoms with Crippen molar-refractivity contribution in [3.63, 3.8) is 0 Å². The first kappa shape index (κ1) is 13.6. The molecule has 2 amide bonds. The Balaban J connectivity index is 1.60. The summed E-state index contributed by atoms with van der Waals surface area (Å²) in [6.45, 7) is 2.61. The van der Waals surface area contributed by atoms with Gasteiger partial charge in [0.15, 0.2) is 0 Å². The van der Waals surface area contributed by atoms with Gasteiger partial charge in [0.2, 0.25) is 12.3 Å². The minimum absolute atomic E-state index is 0.118. The number of piperazine rings is 1. The lowest BCUT2D eigenvalue weighted by Gasteiger charge is -2.33. The van der Waals surface area contributed by atoms with Gasteiger partial charge >= 0.3 is 0 Å². The number of nitrogens with zero attached hydrogens (tertiary/aromatic N) is 2. The Morgan fingerprint density at radius 3 is 2.71 bits per heavy atom. The molecule has 6 nitrogen and oxygen atoms in total. The molecular weight excluding hydrogens is 268 g/mol. The van der Waals surface area contributed by atoms with Crippen LogP contribution in [-0.4, -0.2) is 53.4 Å². The summed E-state index contributed by atoms with van der Waals surface area (Å²) in [7, 11) is 0. The number of amides is 2. The molecule has 2 aromatic rings. The van der Waals surface area contributed by atoms with E-state index in [9.17, 15) is 9.59 Å². The second-order valence-corrected chi connectivity index (χ2v) is 5.17. The van der Waals surface area contributed by atoms with E-state index in [1.165, 1.54) is 0 Å². The first-order valence-electron chi connectivity index (χ1n) is 7.05. The van der Waals surface area contributed by atoms with Crippen molar-refractivity contribution in [1.29, 1.82) is 0 Å². The number of fused-ring (bicyclic) bond motifs is 1. The maximum Gasteiger partial charge on any atom is 0.228 e. The van der Waals surface area contributed by atoms with Crippen molar-refractivity contribution >= 4 is 23.2 Å². The summed E-state index contributed by atoms with van der Waals surface area (Å²) in [5.74, 6) is 0.118. The summed E-state index contributed by atoms with van der Waals surface area (Å²) >= 11 is 0. The number of hydrogen-bond donors (Lipinski definition) is 2. The molecule has 2 N–H and O–H groups in total. The molecule has 2 heterocycles. The maximum atomic E-state index is 12.3. The average molecular weight is 286 g/mol. The summed E-state index contributed by atoms with van der Waals surface area (Å²) in [6.07, 6.45) is 1.05. The van der Waals surface area contributed by atoms with Crippen molar-refractivity contribution in [3.05, 3.63) is 36.0 Å². The zero-order valence-electron chi connectivity index (χ0n) is 11.7. The largest absolute Gasteiger partial charge is 0.358 e. The minimum Gasteiger partial charge on any atom is -0.358 e. The van der Waals surface area contributed by atoms with E-state index >= 15 is 0 Å². The number of hydrogen-bond acceptors (Lipinski definition) is 3. The molecule has 0 radical (unpaired) electrons. The monoisotopic (exact) mass is 286 g/mol. The topological polar surface area (TPSA) is 68.4 Å². The van der Waals surface area contributed by atoms with Crippen LogP contribution in [0.2, 0.25) is 0 Å². The zero-order valence-corrected chi connectivity index (χ0v) is 11.7. The molecule has 1 aliphatic rings. The van der Waals surface area contributed by atoms with Gasteiger partial charge in [-0.1, -0.05) is 18.2 Å². The summed E-state index contributed by atoms with van der Waals surface area (Å²) in [5.41, 5.74) is 4.62. The van der Waals surface area contributed by atoms with Gasteiger partial charge < -0.3 is 9.88 Å². The Hall–Kier alpha value is -2.34. The lowest BCUT2D eigenvalue weighted by molar-refractivity contribution is -0.133. The fraction of sp³-hybridized carbons (Fsp3) is 0.333. The number of aromatic nitrogens is 1. The van der Waals surface area contributed by atoms with Crippen LogP contribution in [0.25, 0.3) is 10.9 Å². The third-order valence-electron chi connectivity index (χ3n) is 3.80. The smallest absolute Gasteiger partial charge is 0.228 e. The van der Waals surface area contributed by atoms with Crippen molar-refractivity contribution in [2.24, 2.45) is 0 Å². The third kappa shape index (κ3) is 3.05. The number of carbonyl (C=O) groups is 2. The van der Waals surface area contributed by atoms with E-state index in [1.807, 2.05) is 40.2 Å². The molecule has 1 aromatic carbocycles. The van der Waals surface area contributed by atoms with Crippen LogP contribution in [0.3, 0.4) is 0 Å². The standard InChI is InChI=1S/C15H18N4O2/c20-11-16-19-7-5-18(6-8-19)15(21)10-13-9-12-3-1-2-4-14(12)17-13/h1-4,9,11,17H,5-8,10H2,(H,16,20). The number of aromatic amines is 1. The highest BCUT2D eigenvalue weighted by molar-refractivity contribution is 5.84. The Morgan fingerprint density at radius 2 is 2.00 bits per heavy atom. The predicted molar refractivity (Wildman–Crippen MR) is 79.4 cm³/mol. The number of para-hydroxylation sites is 1. The number of nitrogens with one attached hydrogen (secondary N) is 2. The molecule has 0 saturated carbocycles. The van der Waals surface area contributed by atoms with Gasteiger partial charge in [0.05, 0.1) is 6.42 Å².